The largest absolute Gasteiger partial charge is 0.497 e. The van der Waals surface area contributed by atoms with Crippen LogP contribution in [0.5, 0.6) is 5.75 Å². The van der Waals surface area contributed by atoms with E-state index in [0.717, 1.165) is 40.5 Å². The van der Waals surface area contributed by atoms with Crippen molar-refractivity contribution in [3.8, 4) is 5.75 Å². The first-order chi connectivity index (χ1) is 9.83. The van der Waals surface area contributed by atoms with E-state index in [9.17, 15) is 0 Å². The highest BCUT2D eigenvalue weighted by atomic mass is 16.5. The summed E-state index contributed by atoms with van der Waals surface area (Å²) in [6.45, 7) is 0. The summed E-state index contributed by atoms with van der Waals surface area (Å²) in [5.41, 5.74) is 4.47. The van der Waals surface area contributed by atoms with Crippen molar-refractivity contribution >= 4 is 21.9 Å². The summed E-state index contributed by atoms with van der Waals surface area (Å²) in [5, 5.41) is 2.24. The zero-order valence-electron chi connectivity index (χ0n) is 11.5. The lowest BCUT2D eigenvalue weighted by Crippen LogP contribution is -2.05. The Morgan fingerprint density at radius 2 is 1.85 bits per heavy atom. The highest BCUT2D eigenvalue weighted by Crippen LogP contribution is 2.27. The molecule has 20 heavy (non-hydrogen) atoms. The second kappa shape index (κ2) is 4.44. The zero-order valence-corrected chi connectivity index (χ0v) is 11.5. The van der Waals surface area contributed by atoms with Gasteiger partial charge in [-0.25, -0.2) is 9.97 Å². The third-order valence-corrected chi connectivity index (χ3v) is 4.08. The summed E-state index contributed by atoms with van der Waals surface area (Å²) >= 11 is 0. The molecule has 2 aromatic heterocycles. The third kappa shape index (κ3) is 1.82. The van der Waals surface area contributed by atoms with Gasteiger partial charge in [-0.15, -0.1) is 0 Å². The lowest BCUT2D eigenvalue weighted by molar-refractivity contribution is 0.415. The fraction of sp³-hybridized carbons (Fsp3) is 0.294. The standard InChI is InChI=1S/C17H16N2O/c1-20-14-6-7-16-12(10-14)9-13-8-11-4-2-3-5-15(11)18-17(13)19-16/h6-10H,2-5H2,1H3. The van der Waals surface area contributed by atoms with E-state index in [1.54, 1.807) is 7.11 Å². The molecule has 0 saturated carbocycles. The summed E-state index contributed by atoms with van der Waals surface area (Å²) < 4.78 is 5.28. The maximum absolute atomic E-state index is 5.28. The molecule has 3 heteroatoms. The van der Waals surface area contributed by atoms with Crippen LogP contribution in [0.25, 0.3) is 21.9 Å². The smallest absolute Gasteiger partial charge is 0.160 e. The molecular formula is C17H16N2O. The minimum absolute atomic E-state index is 0.864. The van der Waals surface area contributed by atoms with Crippen LogP contribution in [0, 0.1) is 0 Å². The maximum Gasteiger partial charge on any atom is 0.160 e. The van der Waals surface area contributed by atoms with Gasteiger partial charge in [0.2, 0.25) is 0 Å². The Hall–Kier alpha value is -2.16. The molecule has 0 saturated heterocycles. The first-order valence-corrected chi connectivity index (χ1v) is 7.11. The lowest BCUT2D eigenvalue weighted by Gasteiger charge is -2.15. The Morgan fingerprint density at radius 3 is 2.75 bits per heavy atom. The van der Waals surface area contributed by atoms with Gasteiger partial charge in [-0.2, -0.15) is 0 Å². The average Bonchev–Trinajstić information content (AvgIpc) is 2.50. The number of rotatable bonds is 1. The Balaban J connectivity index is 1.98. The second-order valence-corrected chi connectivity index (χ2v) is 5.40. The molecule has 1 aliphatic carbocycles. The molecule has 0 N–H and O–H groups in total. The number of hydrogen-bond donors (Lipinski definition) is 0. The number of hydrogen-bond acceptors (Lipinski definition) is 3. The van der Waals surface area contributed by atoms with Crippen molar-refractivity contribution in [3.63, 3.8) is 0 Å². The lowest BCUT2D eigenvalue weighted by atomic mass is 9.95. The molecule has 2 heterocycles. The van der Waals surface area contributed by atoms with E-state index in [-0.39, 0.29) is 0 Å². The molecule has 0 radical (unpaired) electrons. The monoisotopic (exact) mass is 264 g/mol. The van der Waals surface area contributed by atoms with E-state index >= 15 is 0 Å². The van der Waals surface area contributed by atoms with E-state index in [2.05, 4.69) is 12.1 Å². The fourth-order valence-electron chi connectivity index (χ4n) is 2.99. The third-order valence-electron chi connectivity index (χ3n) is 4.08. The minimum Gasteiger partial charge on any atom is -0.497 e. The molecule has 3 nitrogen and oxygen atoms in total. The van der Waals surface area contributed by atoms with Crippen LogP contribution in [-0.2, 0) is 12.8 Å². The van der Waals surface area contributed by atoms with Crippen molar-refractivity contribution in [2.75, 3.05) is 7.11 Å². The molecule has 1 aromatic carbocycles. The van der Waals surface area contributed by atoms with Gasteiger partial charge < -0.3 is 4.74 Å². The molecule has 0 fully saturated rings. The number of aromatic nitrogens is 2. The van der Waals surface area contributed by atoms with Crippen LogP contribution in [0.1, 0.15) is 24.1 Å². The number of nitrogens with zero attached hydrogens (tertiary/aromatic N) is 2. The molecule has 0 bridgehead atoms. The van der Waals surface area contributed by atoms with Gasteiger partial charge in [0.25, 0.3) is 0 Å². The summed E-state index contributed by atoms with van der Waals surface area (Å²) in [4.78, 5) is 9.46. The molecule has 0 atom stereocenters. The van der Waals surface area contributed by atoms with Crippen molar-refractivity contribution in [3.05, 3.63) is 41.6 Å². The topological polar surface area (TPSA) is 35.0 Å². The number of pyridine rings is 2. The van der Waals surface area contributed by atoms with Crippen LogP contribution >= 0.6 is 0 Å². The van der Waals surface area contributed by atoms with E-state index in [4.69, 9.17) is 14.7 Å². The van der Waals surface area contributed by atoms with Crippen LogP contribution < -0.4 is 4.74 Å². The Labute approximate surface area is 117 Å². The Bertz CT molecular complexity index is 811. The summed E-state index contributed by atoms with van der Waals surface area (Å²) in [6.07, 6.45) is 4.76. The Morgan fingerprint density at radius 1 is 0.950 bits per heavy atom. The molecule has 0 spiro atoms. The fourth-order valence-corrected chi connectivity index (χ4v) is 2.99. The number of fused-ring (bicyclic) bond motifs is 3. The van der Waals surface area contributed by atoms with Gasteiger partial charge in [-0.05, 0) is 61.6 Å². The van der Waals surface area contributed by atoms with Gasteiger partial charge in [0, 0.05) is 16.5 Å². The quantitative estimate of drug-likeness (QED) is 0.629. The maximum atomic E-state index is 5.28. The molecular weight excluding hydrogens is 248 g/mol. The van der Waals surface area contributed by atoms with Gasteiger partial charge >= 0.3 is 0 Å². The highest BCUT2D eigenvalue weighted by molar-refractivity contribution is 5.92. The molecule has 0 aliphatic heterocycles. The van der Waals surface area contributed by atoms with Crippen LogP contribution in [0.2, 0.25) is 0 Å². The predicted molar refractivity (Wildman–Crippen MR) is 80.2 cm³/mol. The molecule has 1 aliphatic rings. The number of methoxy groups -OCH3 is 1. The number of aryl methyl sites for hydroxylation is 2. The van der Waals surface area contributed by atoms with Crippen LogP contribution in [0.15, 0.2) is 30.3 Å². The summed E-state index contributed by atoms with van der Waals surface area (Å²) in [6, 6.07) is 10.4. The van der Waals surface area contributed by atoms with Crippen LogP contribution in [0.3, 0.4) is 0 Å². The van der Waals surface area contributed by atoms with Crippen molar-refractivity contribution in [1.82, 2.24) is 9.97 Å². The van der Waals surface area contributed by atoms with E-state index in [1.807, 2.05) is 18.2 Å². The highest BCUT2D eigenvalue weighted by Gasteiger charge is 2.13. The SMILES string of the molecule is COc1ccc2nc3nc4c(cc3cc2c1)CCCC4. The van der Waals surface area contributed by atoms with Crippen molar-refractivity contribution in [2.24, 2.45) is 0 Å². The van der Waals surface area contributed by atoms with Gasteiger partial charge in [-0.1, -0.05) is 0 Å². The predicted octanol–water partition coefficient (Wildman–Crippen LogP) is 3.67. The van der Waals surface area contributed by atoms with E-state index in [0.29, 0.717) is 0 Å². The van der Waals surface area contributed by atoms with Crippen molar-refractivity contribution in [1.29, 1.82) is 0 Å². The minimum atomic E-state index is 0.864. The molecule has 0 amide bonds. The summed E-state index contributed by atoms with van der Waals surface area (Å²) in [5.74, 6) is 0.865. The van der Waals surface area contributed by atoms with Crippen LogP contribution in [-0.4, -0.2) is 17.1 Å². The van der Waals surface area contributed by atoms with Gasteiger partial charge in [0.15, 0.2) is 5.65 Å². The van der Waals surface area contributed by atoms with E-state index in [1.165, 1.54) is 24.1 Å². The molecule has 0 unspecified atom stereocenters. The Kier molecular flexibility index (Phi) is 2.59. The van der Waals surface area contributed by atoms with Gasteiger partial charge in [-0.3, -0.25) is 0 Å². The first-order valence-electron chi connectivity index (χ1n) is 7.11. The van der Waals surface area contributed by atoms with Crippen molar-refractivity contribution in [2.45, 2.75) is 25.7 Å². The normalized spacial score (nSPS) is 14.4. The van der Waals surface area contributed by atoms with Gasteiger partial charge in [0.05, 0.1) is 12.6 Å². The van der Waals surface area contributed by atoms with E-state index < -0.39 is 0 Å². The average molecular weight is 264 g/mol. The van der Waals surface area contributed by atoms with Crippen molar-refractivity contribution < 1.29 is 4.74 Å². The first kappa shape index (κ1) is 11.6. The number of ether oxygens (including phenoxy) is 1. The number of benzene rings is 1. The van der Waals surface area contributed by atoms with Gasteiger partial charge in [0.1, 0.15) is 5.75 Å². The second-order valence-electron chi connectivity index (χ2n) is 5.40. The van der Waals surface area contributed by atoms with Crippen LogP contribution in [0.4, 0.5) is 0 Å². The molecule has 4 rings (SSSR count). The molecule has 100 valence electrons. The summed E-state index contributed by atoms with van der Waals surface area (Å²) in [7, 11) is 1.69. The zero-order chi connectivity index (χ0) is 13.5. The molecule has 3 aromatic rings.